The molecule has 1 amide bonds. The molecule has 0 aromatic heterocycles. The van der Waals surface area contributed by atoms with Crippen LogP contribution in [0.1, 0.15) is 6.42 Å². The van der Waals surface area contributed by atoms with Crippen molar-refractivity contribution in [3.63, 3.8) is 0 Å². The molecule has 4 rings (SSSR count). The highest BCUT2D eigenvalue weighted by molar-refractivity contribution is 7.89. The summed E-state index contributed by atoms with van der Waals surface area (Å²) in [6.45, 7) is 0.227. The maximum atomic E-state index is 13.8. The number of sulfonamides is 1. The standard InChI is InChI=1S/C17H15F2N3O3S/c18-11-4-3-5-12(19)16(11)26(24,25)21-10-8-15-17(23)20-13-6-1-2-7-14(13)22(15)9-10/h1-7,10,15,21H,8-9H2,(H,20,23). The molecule has 0 radical (unpaired) electrons. The number of halogens is 2. The van der Waals surface area contributed by atoms with Crippen molar-refractivity contribution in [3.05, 3.63) is 54.1 Å². The molecule has 2 N–H and O–H groups in total. The Kier molecular flexibility index (Phi) is 3.92. The number of fused-ring (bicyclic) bond motifs is 3. The molecular formula is C17H15F2N3O3S. The number of para-hydroxylation sites is 2. The van der Waals surface area contributed by atoms with Crippen LogP contribution in [0.4, 0.5) is 20.2 Å². The zero-order valence-electron chi connectivity index (χ0n) is 13.4. The van der Waals surface area contributed by atoms with Gasteiger partial charge in [-0.2, -0.15) is 0 Å². The van der Waals surface area contributed by atoms with Gasteiger partial charge in [0, 0.05) is 12.6 Å². The second-order valence-electron chi connectivity index (χ2n) is 6.28. The van der Waals surface area contributed by atoms with Gasteiger partial charge in [-0.3, -0.25) is 4.79 Å². The van der Waals surface area contributed by atoms with E-state index in [1.165, 1.54) is 0 Å². The fourth-order valence-electron chi connectivity index (χ4n) is 3.50. The van der Waals surface area contributed by atoms with Crippen molar-refractivity contribution in [2.24, 2.45) is 0 Å². The molecule has 136 valence electrons. The minimum atomic E-state index is -4.40. The summed E-state index contributed by atoms with van der Waals surface area (Å²) in [6.07, 6.45) is 0.204. The van der Waals surface area contributed by atoms with E-state index in [0.717, 1.165) is 23.9 Å². The Balaban J connectivity index is 1.61. The lowest BCUT2D eigenvalue weighted by atomic mass is 10.1. The van der Waals surface area contributed by atoms with Crippen molar-refractivity contribution in [1.29, 1.82) is 0 Å². The molecule has 1 fully saturated rings. The van der Waals surface area contributed by atoms with Crippen molar-refractivity contribution in [3.8, 4) is 0 Å². The molecule has 0 bridgehead atoms. The third kappa shape index (κ3) is 2.73. The number of carbonyl (C=O) groups is 1. The Hall–Kier alpha value is -2.52. The van der Waals surface area contributed by atoms with Gasteiger partial charge < -0.3 is 10.2 Å². The van der Waals surface area contributed by atoms with E-state index in [9.17, 15) is 22.0 Å². The quantitative estimate of drug-likeness (QED) is 0.853. The second-order valence-corrected chi connectivity index (χ2v) is 7.93. The Morgan fingerprint density at radius 2 is 1.77 bits per heavy atom. The molecule has 2 aromatic rings. The number of nitrogens with one attached hydrogen (secondary N) is 2. The molecule has 1 saturated heterocycles. The van der Waals surface area contributed by atoms with Gasteiger partial charge in [0.2, 0.25) is 15.9 Å². The van der Waals surface area contributed by atoms with E-state index in [-0.39, 0.29) is 18.9 Å². The van der Waals surface area contributed by atoms with Gasteiger partial charge in [0.05, 0.1) is 11.4 Å². The van der Waals surface area contributed by atoms with Crippen LogP contribution in [0.25, 0.3) is 0 Å². The minimum absolute atomic E-state index is 0.204. The van der Waals surface area contributed by atoms with Crippen LogP contribution in [-0.4, -0.2) is 33.0 Å². The molecule has 2 aliphatic rings. The van der Waals surface area contributed by atoms with Gasteiger partial charge in [0.1, 0.15) is 17.7 Å². The Morgan fingerprint density at radius 3 is 2.50 bits per heavy atom. The molecule has 2 unspecified atom stereocenters. The molecule has 2 atom stereocenters. The van der Waals surface area contributed by atoms with Crippen LogP contribution in [-0.2, 0) is 14.8 Å². The number of benzene rings is 2. The first kappa shape index (κ1) is 16.9. The monoisotopic (exact) mass is 379 g/mol. The molecule has 0 saturated carbocycles. The third-order valence-corrected chi connectivity index (χ3v) is 6.16. The average molecular weight is 379 g/mol. The first-order valence-corrected chi connectivity index (χ1v) is 9.48. The summed E-state index contributed by atoms with van der Waals surface area (Å²) in [6, 6.07) is 8.88. The molecule has 26 heavy (non-hydrogen) atoms. The van der Waals surface area contributed by atoms with Crippen LogP contribution in [0.15, 0.2) is 47.4 Å². The predicted molar refractivity (Wildman–Crippen MR) is 91.3 cm³/mol. The van der Waals surface area contributed by atoms with Crippen LogP contribution in [0.2, 0.25) is 0 Å². The van der Waals surface area contributed by atoms with Gasteiger partial charge in [-0.25, -0.2) is 21.9 Å². The minimum Gasteiger partial charge on any atom is -0.356 e. The number of rotatable bonds is 3. The summed E-state index contributed by atoms with van der Waals surface area (Å²) in [4.78, 5) is 13.1. The van der Waals surface area contributed by atoms with E-state index < -0.39 is 38.6 Å². The Bertz CT molecular complexity index is 976. The smallest absolute Gasteiger partial charge is 0.247 e. The molecule has 2 aromatic carbocycles. The summed E-state index contributed by atoms with van der Waals surface area (Å²) in [5, 5.41) is 2.79. The zero-order valence-corrected chi connectivity index (χ0v) is 14.3. The maximum absolute atomic E-state index is 13.8. The van der Waals surface area contributed by atoms with Gasteiger partial charge in [0.25, 0.3) is 0 Å². The van der Waals surface area contributed by atoms with Gasteiger partial charge in [-0.1, -0.05) is 18.2 Å². The van der Waals surface area contributed by atoms with Crippen molar-refractivity contribution in [1.82, 2.24) is 4.72 Å². The number of hydrogen-bond acceptors (Lipinski definition) is 4. The van der Waals surface area contributed by atoms with E-state index in [0.29, 0.717) is 5.69 Å². The van der Waals surface area contributed by atoms with E-state index in [4.69, 9.17) is 0 Å². The fourth-order valence-corrected chi connectivity index (χ4v) is 4.88. The van der Waals surface area contributed by atoms with Gasteiger partial charge in [-0.15, -0.1) is 0 Å². The van der Waals surface area contributed by atoms with Crippen LogP contribution in [0.3, 0.4) is 0 Å². The molecule has 6 nitrogen and oxygen atoms in total. The molecule has 9 heteroatoms. The largest absolute Gasteiger partial charge is 0.356 e. The zero-order chi connectivity index (χ0) is 18.5. The first-order chi connectivity index (χ1) is 12.4. The van der Waals surface area contributed by atoms with E-state index in [1.54, 1.807) is 17.0 Å². The van der Waals surface area contributed by atoms with Crippen LogP contribution in [0.5, 0.6) is 0 Å². The van der Waals surface area contributed by atoms with Crippen LogP contribution < -0.4 is 14.9 Å². The highest BCUT2D eigenvalue weighted by Gasteiger charge is 2.42. The van der Waals surface area contributed by atoms with Crippen molar-refractivity contribution in [2.75, 3.05) is 16.8 Å². The molecule has 2 aliphatic heterocycles. The third-order valence-electron chi connectivity index (χ3n) is 4.58. The lowest BCUT2D eigenvalue weighted by Crippen LogP contribution is -2.44. The first-order valence-electron chi connectivity index (χ1n) is 8.00. The molecule has 0 spiro atoms. The lowest BCUT2D eigenvalue weighted by Gasteiger charge is -2.32. The lowest BCUT2D eigenvalue weighted by molar-refractivity contribution is -0.117. The molecular weight excluding hydrogens is 364 g/mol. The summed E-state index contributed by atoms with van der Waals surface area (Å²) in [5.74, 6) is -2.55. The second kappa shape index (κ2) is 6.03. The number of hydrogen-bond donors (Lipinski definition) is 2. The SMILES string of the molecule is O=C1Nc2ccccc2N2CC(NS(=O)(=O)c3c(F)cccc3F)CC12. The van der Waals surface area contributed by atoms with E-state index >= 15 is 0 Å². The summed E-state index contributed by atoms with van der Waals surface area (Å²) < 4.78 is 54.9. The number of anilines is 2. The van der Waals surface area contributed by atoms with E-state index in [1.807, 2.05) is 12.1 Å². The van der Waals surface area contributed by atoms with Gasteiger partial charge >= 0.3 is 0 Å². The predicted octanol–water partition coefficient (Wildman–Crippen LogP) is 1.84. The van der Waals surface area contributed by atoms with Crippen molar-refractivity contribution >= 4 is 27.3 Å². The normalized spacial score (nSPS) is 21.9. The highest BCUT2D eigenvalue weighted by atomic mass is 32.2. The van der Waals surface area contributed by atoms with Gasteiger partial charge in [-0.05, 0) is 30.7 Å². The molecule has 0 aliphatic carbocycles. The maximum Gasteiger partial charge on any atom is 0.247 e. The Labute approximate surface area is 148 Å². The Morgan fingerprint density at radius 1 is 1.08 bits per heavy atom. The summed E-state index contributed by atoms with van der Waals surface area (Å²) in [7, 11) is -4.40. The average Bonchev–Trinajstić information content (AvgIpc) is 2.98. The van der Waals surface area contributed by atoms with Gasteiger partial charge in [0.15, 0.2) is 4.90 Å². The highest BCUT2D eigenvalue weighted by Crippen LogP contribution is 2.36. The molecule has 2 heterocycles. The van der Waals surface area contributed by atoms with Crippen LogP contribution in [0, 0.1) is 11.6 Å². The topological polar surface area (TPSA) is 78.5 Å². The number of carbonyl (C=O) groups excluding carboxylic acids is 1. The van der Waals surface area contributed by atoms with Crippen LogP contribution >= 0.6 is 0 Å². The summed E-state index contributed by atoms with van der Waals surface area (Å²) >= 11 is 0. The van der Waals surface area contributed by atoms with E-state index in [2.05, 4.69) is 10.0 Å². The summed E-state index contributed by atoms with van der Waals surface area (Å²) in [5.41, 5.74) is 1.44. The van der Waals surface area contributed by atoms with Crippen molar-refractivity contribution < 1.29 is 22.0 Å². The number of amides is 1. The van der Waals surface area contributed by atoms with Crippen molar-refractivity contribution in [2.45, 2.75) is 23.4 Å². The number of nitrogens with zero attached hydrogens (tertiary/aromatic N) is 1. The fraction of sp³-hybridized carbons (Fsp3) is 0.235.